The van der Waals surface area contributed by atoms with Gasteiger partial charge in [0.05, 0.1) is 0 Å². The number of rotatable bonds is 5. The van der Waals surface area contributed by atoms with E-state index in [0.717, 1.165) is 22.2 Å². The molecule has 0 aliphatic heterocycles. The summed E-state index contributed by atoms with van der Waals surface area (Å²) in [6, 6.07) is 5.59. The molecular formula is C12H17Cl2NS. The second-order valence-electron chi connectivity index (χ2n) is 4.27. The maximum atomic E-state index is 6.08. The SMILES string of the molecule is CSC(C)(C)CNCc1c(Cl)cccc1Cl. The monoisotopic (exact) mass is 277 g/mol. The Morgan fingerprint density at radius 2 is 1.81 bits per heavy atom. The van der Waals surface area contributed by atoms with E-state index in [2.05, 4.69) is 25.4 Å². The van der Waals surface area contributed by atoms with Gasteiger partial charge in [0.1, 0.15) is 0 Å². The molecule has 1 aromatic rings. The molecule has 90 valence electrons. The van der Waals surface area contributed by atoms with Crippen LogP contribution in [0.4, 0.5) is 0 Å². The zero-order valence-electron chi connectivity index (χ0n) is 9.81. The van der Waals surface area contributed by atoms with Gasteiger partial charge in [-0.15, -0.1) is 0 Å². The van der Waals surface area contributed by atoms with Crippen molar-refractivity contribution >= 4 is 35.0 Å². The van der Waals surface area contributed by atoms with E-state index >= 15 is 0 Å². The predicted molar refractivity (Wildman–Crippen MR) is 75.8 cm³/mol. The van der Waals surface area contributed by atoms with Gasteiger partial charge in [0, 0.05) is 33.4 Å². The lowest BCUT2D eigenvalue weighted by Gasteiger charge is -2.22. The van der Waals surface area contributed by atoms with Gasteiger partial charge in [-0.25, -0.2) is 0 Å². The van der Waals surface area contributed by atoms with Gasteiger partial charge in [-0.05, 0) is 32.2 Å². The van der Waals surface area contributed by atoms with Crippen molar-refractivity contribution in [3.8, 4) is 0 Å². The summed E-state index contributed by atoms with van der Waals surface area (Å²) in [5.74, 6) is 0. The first kappa shape index (κ1) is 14.2. The summed E-state index contributed by atoms with van der Waals surface area (Å²) >= 11 is 14.0. The number of benzene rings is 1. The molecule has 0 radical (unpaired) electrons. The van der Waals surface area contributed by atoms with Crippen molar-refractivity contribution in [1.82, 2.24) is 5.32 Å². The van der Waals surface area contributed by atoms with Crippen LogP contribution in [0.2, 0.25) is 10.0 Å². The minimum atomic E-state index is 0.230. The summed E-state index contributed by atoms with van der Waals surface area (Å²) in [6.45, 7) is 6.05. The van der Waals surface area contributed by atoms with E-state index in [0.29, 0.717) is 6.54 Å². The Balaban J connectivity index is 2.56. The summed E-state index contributed by atoms with van der Waals surface area (Å²) < 4.78 is 0.230. The summed E-state index contributed by atoms with van der Waals surface area (Å²) in [6.07, 6.45) is 2.12. The van der Waals surface area contributed by atoms with Crippen LogP contribution in [0.15, 0.2) is 18.2 Å². The second-order valence-corrected chi connectivity index (χ2v) is 6.60. The molecule has 0 fully saturated rings. The maximum absolute atomic E-state index is 6.08. The van der Waals surface area contributed by atoms with Crippen LogP contribution in [0.1, 0.15) is 19.4 Å². The van der Waals surface area contributed by atoms with Crippen molar-refractivity contribution in [3.63, 3.8) is 0 Å². The fourth-order valence-electron chi connectivity index (χ4n) is 1.26. The van der Waals surface area contributed by atoms with Crippen LogP contribution in [-0.4, -0.2) is 17.5 Å². The van der Waals surface area contributed by atoms with Gasteiger partial charge in [-0.2, -0.15) is 11.8 Å². The third kappa shape index (κ3) is 4.17. The number of hydrogen-bond donors (Lipinski definition) is 1. The molecule has 0 saturated heterocycles. The van der Waals surface area contributed by atoms with E-state index in [4.69, 9.17) is 23.2 Å². The van der Waals surface area contributed by atoms with E-state index in [1.165, 1.54) is 0 Å². The average molecular weight is 278 g/mol. The van der Waals surface area contributed by atoms with E-state index in [1.807, 2.05) is 30.0 Å². The fraction of sp³-hybridized carbons (Fsp3) is 0.500. The van der Waals surface area contributed by atoms with Gasteiger partial charge in [0.25, 0.3) is 0 Å². The molecule has 0 amide bonds. The lowest BCUT2D eigenvalue weighted by atomic mass is 10.2. The smallest absolute Gasteiger partial charge is 0.0465 e. The summed E-state index contributed by atoms with van der Waals surface area (Å²) in [5, 5.41) is 4.83. The largest absolute Gasteiger partial charge is 0.311 e. The van der Waals surface area contributed by atoms with Crippen molar-refractivity contribution in [2.24, 2.45) is 0 Å². The third-order valence-electron chi connectivity index (χ3n) is 2.47. The molecule has 0 atom stereocenters. The molecule has 0 spiro atoms. The number of hydrogen-bond acceptors (Lipinski definition) is 2. The minimum absolute atomic E-state index is 0.230. The second kappa shape index (κ2) is 6.15. The minimum Gasteiger partial charge on any atom is -0.311 e. The molecule has 1 nitrogen and oxygen atoms in total. The Hall–Kier alpha value is 0.110. The van der Waals surface area contributed by atoms with Crippen molar-refractivity contribution in [1.29, 1.82) is 0 Å². The molecule has 1 aromatic carbocycles. The number of halogens is 2. The molecule has 0 heterocycles. The Bertz CT molecular complexity index is 333. The molecular weight excluding hydrogens is 261 g/mol. The highest BCUT2D eigenvalue weighted by molar-refractivity contribution is 7.99. The topological polar surface area (TPSA) is 12.0 Å². The Morgan fingerprint density at radius 1 is 1.25 bits per heavy atom. The van der Waals surface area contributed by atoms with Gasteiger partial charge in [-0.3, -0.25) is 0 Å². The first-order valence-electron chi connectivity index (χ1n) is 5.15. The molecule has 16 heavy (non-hydrogen) atoms. The Kier molecular flexibility index (Phi) is 5.45. The zero-order valence-corrected chi connectivity index (χ0v) is 12.1. The molecule has 1 rings (SSSR count). The lowest BCUT2D eigenvalue weighted by molar-refractivity contribution is 0.591. The third-order valence-corrected chi connectivity index (χ3v) is 4.42. The molecule has 0 aliphatic rings. The van der Waals surface area contributed by atoms with Crippen molar-refractivity contribution in [3.05, 3.63) is 33.8 Å². The zero-order chi connectivity index (χ0) is 12.2. The predicted octanol–water partition coefficient (Wildman–Crippen LogP) is 4.22. The van der Waals surface area contributed by atoms with Crippen LogP contribution >= 0.6 is 35.0 Å². The van der Waals surface area contributed by atoms with Crippen LogP contribution in [0.3, 0.4) is 0 Å². The van der Waals surface area contributed by atoms with Gasteiger partial charge in [0.2, 0.25) is 0 Å². The fourth-order valence-corrected chi connectivity index (χ4v) is 2.04. The lowest BCUT2D eigenvalue weighted by Crippen LogP contribution is -2.31. The van der Waals surface area contributed by atoms with Crippen LogP contribution in [-0.2, 0) is 6.54 Å². The normalized spacial score (nSPS) is 11.8. The maximum Gasteiger partial charge on any atom is 0.0465 e. The van der Waals surface area contributed by atoms with Crippen LogP contribution in [0, 0.1) is 0 Å². The van der Waals surface area contributed by atoms with Crippen LogP contribution < -0.4 is 5.32 Å². The molecule has 0 aromatic heterocycles. The first-order valence-corrected chi connectivity index (χ1v) is 7.13. The quantitative estimate of drug-likeness (QED) is 0.865. The van der Waals surface area contributed by atoms with Crippen LogP contribution in [0.25, 0.3) is 0 Å². The molecule has 4 heteroatoms. The van der Waals surface area contributed by atoms with Crippen molar-refractivity contribution in [2.75, 3.05) is 12.8 Å². The highest BCUT2D eigenvalue weighted by atomic mass is 35.5. The Morgan fingerprint density at radius 3 is 2.31 bits per heavy atom. The molecule has 0 bridgehead atoms. The highest BCUT2D eigenvalue weighted by Crippen LogP contribution is 2.25. The molecule has 0 saturated carbocycles. The van der Waals surface area contributed by atoms with Crippen LogP contribution in [0.5, 0.6) is 0 Å². The van der Waals surface area contributed by atoms with E-state index in [1.54, 1.807) is 0 Å². The Labute approximate surface area is 112 Å². The number of nitrogens with one attached hydrogen (secondary N) is 1. The van der Waals surface area contributed by atoms with Crippen molar-refractivity contribution in [2.45, 2.75) is 25.1 Å². The average Bonchev–Trinajstić information content (AvgIpc) is 2.22. The van der Waals surface area contributed by atoms with Gasteiger partial charge in [-0.1, -0.05) is 29.3 Å². The first-order chi connectivity index (χ1) is 7.46. The van der Waals surface area contributed by atoms with E-state index in [-0.39, 0.29) is 4.75 Å². The molecule has 0 unspecified atom stereocenters. The van der Waals surface area contributed by atoms with Gasteiger partial charge in [0.15, 0.2) is 0 Å². The van der Waals surface area contributed by atoms with Gasteiger partial charge >= 0.3 is 0 Å². The van der Waals surface area contributed by atoms with Gasteiger partial charge < -0.3 is 5.32 Å². The summed E-state index contributed by atoms with van der Waals surface area (Å²) in [4.78, 5) is 0. The highest BCUT2D eigenvalue weighted by Gasteiger charge is 2.15. The molecule has 1 N–H and O–H groups in total. The van der Waals surface area contributed by atoms with E-state index < -0.39 is 0 Å². The molecule has 0 aliphatic carbocycles. The standard InChI is InChI=1S/C12H17Cl2NS/c1-12(2,16-3)8-15-7-9-10(13)5-4-6-11(9)14/h4-6,15H,7-8H2,1-3H3. The van der Waals surface area contributed by atoms with Crippen molar-refractivity contribution < 1.29 is 0 Å². The summed E-state index contributed by atoms with van der Waals surface area (Å²) in [7, 11) is 0. The number of thioether (sulfide) groups is 1. The summed E-state index contributed by atoms with van der Waals surface area (Å²) in [5.41, 5.74) is 0.975. The van der Waals surface area contributed by atoms with E-state index in [9.17, 15) is 0 Å².